The summed E-state index contributed by atoms with van der Waals surface area (Å²) in [6.45, 7) is 12.5. The molecule has 16 heavy (non-hydrogen) atoms. The monoisotopic (exact) mass is 244 g/mol. The maximum Gasteiger partial charge on any atom is 0.334 e. The summed E-state index contributed by atoms with van der Waals surface area (Å²) in [5.41, 5.74) is 0.277. The molecule has 0 aliphatic rings. The minimum Gasteiger partial charge on any atom is -0.517 e. The molecule has 0 saturated heterocycles. The summed E-state index contributed by atoms with van der Waals surface area (Å²) in [5.74, 6) is -1.02. The van der Waals surface area contributed by atoms with E-state index in [1.165, 1.54) is 0 Å². The molecule has 0 spiro atoms. The average Bonchev–Trinajstić information content (AvgIpc) is 2.10. The first kappa shape index (κ1) is 14.9. The van der Waals surface area contributed by atoms with Gasteiger partial charge in [-0.2, -0.15) is 0 Å². The van der Waals surface area contributed by atoms with Crippen LogP contribution in [0.5, 0.6) is 0 Å². The average molecular weight is 244 g/mol. The zero-order valence-corrected chi connectivity index (χ0v) is 11.6. The van der Waals surface area contributed by atoms with Crippen molar-refractivity contribution < 1.29 is 18.8 Å². The standard InChI is InChI=1S/C11H20O4Si/c1-7-9(14-10(12)8(2)3)11(13)15-16(4,5)6/h9H,2,7H2,1,3-6H3. The van der Waals surface area contributed by atoms with Gasteiger partial charge in [0.2, 0.25) is 8.32 Å². The number of rotatable bonds is 5. The first-order valence-corrected chi connectivity index (χ1v) is 8.67. The number of carbonyl (C=O) groups is 2. The minimum absolute atomic E-state index is 0.277. The molecule has 0 bridgehead atoms. The highest BCUT2D eigenvalue weighted by molar-refractivity contribution is 6.71. The van der Waals surface area contributed by atoms with Crippen LogP contribution in [-0.4, -0.2) is 26.4 Å². The molecule has 1 unspecified atom stereocenters. The molecule has 0 aromatic rings. The molecule has 0 fully saturated rings. The fraction of sp³-hybridized carbons (Fsp3) is 0.636. The van der Waals surface area contributed by atoms with E-state index in [9.17, 15) is 9.59 Å². The summed E-state index contributed by atoms with van der Waals surface area (Å²) in [6, 6.07) is 0. The van der Waals surface area contributed by atoms with Gasteiger partial charge in [0.05, 0.1) is 0 Å². The van der Waals surface area contributed by atoms with Gasteiger partial charge in [-0.3, -0.25) is 0 Å². The molecule has 4 nitrogen and oxygen atoms in total. The fourth-order valence-corrected chi connectivity index (χ4v) is 1.63. The number of esters is 1. The molecule has 92 valence electrons. The summed E-state index contributed by atoms with van der Waals surface area (Å²) >= 11 is 0. The normalized spacial score (nSPS) is 12.8. The predicted octanol–water partition coefficient (Wildman–Crippen LogP) is 2.26. The summed E-state index contributed by atoms with van der Waals surface area (Å²) in [6.07, 6.45) is -0.418. The molecule has 0 aliphatic carbocycles. The molecule has 0 rings (SSSR count). The topological polar surface area (TPSA) is 52.6 Å². The van der Waals surface area contributed by atoms with Crippen LogP contribution in [0, 0.1) is 0 Å². The van der Waals surface area contributed by atoms with Crippen molar-refractivity contribution >= 4 is 20.3 Å². The highest BCUT2D eigenvalue weighted by Gasteiger charge is 2.28. The predicted molar refractivity (Wildman–Crippen MR) is 64.4 cm³/mol. The molecule has 5 heteroatoms. The minimum atomic E-state index is -1.94. The second-order valence-electron chi connectivity index (χ2n) is 4.62. The van der Waals surface area contributed by atoms with Crippen molar-refractivity contribution in [1.82, 2.24) is 0 Å². The van der Waals surface area contributed by atoms with Gasteiger partial charge < -0.3 is 9.16 Å². The Kier molecular flexibility index (Phi) is 5.44. The second kappa shape index (κ2) is 5.84. The smallest absolute Gasteiger partial charge is 0.334 e. The summed E-state index contributed by atoms with van der Waals surface area (Å²) in [7, 11) is -1.94. The summed E-state index contributed by atoms with van der Waals surface area (Å²) in [4.78, 5) is 22.9. The number of carbonyl (C=O) groups excluding carboxylic acids is 2. The van der Waals surface area contributed by atoms with Gasteiger partial charge in [0.25, 0.3) is 0 Å². The van der Waals surface area contributed by atoms with Crippen molar-refractivity contribution in [3.8, 4) is 0 Å². The van der Waals surface area contributed by atoms with E-state index in [1.807, 2.05) is 19.6 Å². The zero-order valence-electron chi connectivity index (χ0n) is 10.6. The molecule has 0 aromatic carbocycles. The van der Waals surface area contributed by atoms with Crippen LogP contribution in [0.25, 0.3) is 0 Å². The van der Waals surface area contributed by atoms with E-state index in [2.05, 4.69) is 6.58 Å². The molecule has 0 N–H and O–H groups in total. The Hall–Kier alpha value is -1.10. The third kappa shape index (κ3) is 5.70. The highest BCUT2D eigenvalue weighted by atomic mass is 28.4. The Labute approximate surface area is 97.8 Å². The van der Waals surface area contributed by atoms with Crippen LogP contribution in [0.2, 0.25) is 19.6 Å². The third-order valence-corrected chi connectivity index (χ3v) is 2.45. The Morgan fingerprint density at radius 2 is 1.81 bits per heavy atom. The second-order valence-corrected chi connectivity index (χ2v) is 9.04. The van der Waals surface area contributed by atoms with E-state index in [0.29, 0.717) is 6.42 Å². The molecule has 0 heterocycles. The van der Waals surface area contributed by atoms with Crippen molar-refractivity contribution in [2.75, 3.05) is 0 Å². The molecular weight excluding hydrogens is 224 g/mol. The Morgan fingerprint density at radius 3 is 2.12 bits per heavy atom. The third-order valence-electron chi connectivity index (χ3n) is 1.64. The Balaban J connectivity index is 4.45. The highest BCUT2D eigenvalue weighted by Crippen LogP contribution is 2.10. The molecule has 0 radical (unpaired) electrons. The number of ether oxygens (including phenoxy) is 1. The number of hydrogen-bond donors (Lipinski definition) is 0. The van der Waals surface area contributed by atoms with Gasteiger partial charge in [0, 0.05) is 5.57 Å². The van der Waals surface area contributed by atoms with Crippen molar-refractivity contribution in [3.05, 3.63) is 12.2 Å². The lowest BCUT2D eigenvalue weighted by Crippen LogP contribution is -2.37. The van der Waals surface area contributed by atoms with E-state index in [-0.39, 0.29) is 5.57 Å². The molecule has 1 atom stereocenters. The zero-order chi connectivity index (χ0) is 12.9. The van der Waals surface area contributed by atoms with E-state index in [1.54, 1.807) is 13.8 Å². The van der Waals surface area contributed by atoms with Gasteiger partial charge in [0.1, 0.15) is 0 Å². The van der Waals surface area contributed by atoms with E-state index >= 15 is 0 Å². The first-order chi connectivity index (χ1) is 7.17. The van der Waals surface area contributed by atoms with Gasteiger partial charge >= 0.3 is 11.9 Å². The lowest BCUT2D eigenvalue weighted by atomic mass is 10.3. The van der Waals surface area contributed by atoms with Crippen molar-refractivity contribution in [2.24, 2.45) is 0 Å². The first-order valence-electron chi connectivity index (χ1n) is 5.26. The van der Waals surface area contributed by atoms with Crippen LogP contribution in [-0.2, 0) is 18.8 Å². The van der Waals surface area contributed by atoms with E-state index in [0.717, 1.165) is 0 Å². The van der Waals surface area contributed by atoms with Crippen LogP contribution in [0.3, 0.4) is 0 Å². The molecule has 0 saturated carbocycles. The fourth-order valence-electron chi connectivity index (χ4n) is 0.895. The van der Waals surface area contributed by atoms with Gasteiger partial charge in [-0.1, -0.05) is 13.5 Å². The summed E-state index contributed by atoms with van der Waals surface area (Å²) in [5, 5.41) is 0. The van der Waals surface area contributed by atoms with Crippen molar-refractivity contribution in [1.29, 1.82) is 0 Å². The van der Waals surface area contributed by atoms with Crippen molar-refractivity contribution in [2.45, 2.75) is 46.0 Å². The Morgan fingerprint density at radius 1 is 1.31 bits per heavy atom. The van der Waals surface area contributed by atoms with E-state index in [4.69, 9.17) is 9.16 Å². The number of hydrogen-bond acceptors (Lipinski definition) is 4. The van der Waals surface area contributed by atoms with Crippen LogP contribution in [0.1, 0.15) is 20.3 Å². The maximum absolute atomic E-state index is 11.7. The molecule has 0 aliphatic heterocycles. The van der Waals surface area contributed by atoms with Crippen molar-refractivity contribution in [3.63, 3.8) is 0 Å². The lowest BCUT2D eigenvalue weighted by Gasteiger charge is -2.22. The van der Waals surface area contributed by atoms with Gasteiger partial charge in [-0.05, 0) is 33.0 Å². The van der Waals surface area contributed by atoms with Gasteiger partial charge in [0.15, 0.2) is 6.10 Å². The maximum atomic E-state index is 11.7. The van der Waals surface area contributed by atoms with Crippen LogP contribution < -0.4 is 0 Å². The van der Waals surface area contributed by atoms with E-state index < -0.39 is 26.4 Å². The SMILES string of the molecule is C=C(C)C(=O)OC(CC)C(=O)O[Si](C)(C)C. The van der Waals surface area contributed by atoms with Gasteiger partial charge in [-0.25, -0.2) is 9.59 Å². The molecular formula is C11H20O4Si. The molecule has 0 amide bonds. The van der Waals surface area contributed by atoms with Crippen LogP contribution >= 0.6 is 0 Å². The lowest BCUT2D eigenvalue weighted by molar-refractivity contribution is -0.160. The Bertz CT molecular complexity index is 291. The quantitative estimate of drug-likeness (QED) is 0.423. The van der Waals surface area contributed by atoms with Crippen LogP contribution in [0.15, 0.2) is 12.2 Å². The molecule has 0 aromatic heterocycles. The van der Waals surface area contributed by atoms with Crippen LogP contribution in [0.4, 0.5) is 0 Å². The van der Waals surface area contributed by atoms with Gasteiger partial charge in [-0.15, -0.1) is 0 Å². The largest absolute Gasteiger partial charge is 0.517 e. The summed E-state index contributed by atoms with van der Waals surface area (Å²) < 4.78 is 10.2.